The molecule has 1 heterocycles. The fourth-order valence-corrected chi connectivity index (χ4v) is 0.965. The minimum absolute atomic E-state index is 0.0573. The van der Waals surface area contributed by atoms with Crippen LogP contribution >= 0.6 is 11.6 Å². The van der Waals surface area contributed by atoms with E-state index in [4.69, 9.17) is 11.6 Å². The topological polar surface area (TPSA) is 39.2 Å². The van der Waals surface area contributed by atoms with Gasteiger partial charge in [0.1, 0.15) is 5.82 Å². The maximum absolute atomic E-state index is 12.8. The van der Waals surface area contributed by atoms with Gasteiger partial charge in [0.2, 0.25) is 0 Å². The normalized spacial score (nSPS) is 9.77. The molecule has 70 valence electrons. The average molecular weight is 204 g/mol. The Morgan fingerprint density at radius 3 is 2.92 bits per heavy atom. The Morgan fingerprint density at radius 1 is 1.69 bits per heavy atom. The van der Waals surface area contributed by atoms with E-state index in [0.717, 1.165) is 6.07 Å². The quantitative estimate of drug-likeness (QED) is 0.543. The molecule has 0 fully saturated rings. The average Bonchev–Trinajstić information content (AvgIpc) is 2.15. The minimum atomic E-state index is -0.675. The molecule has 13 heavy (non-hydrogen) atoms. The molecule has 0 amide bonds. The first-order valence-electron chi connectivity index (χ1n) is 3.48. The van der Waals surface area contributed by atoms with E-state index in [1.54, 1.807) is 0 Å². The number of halogens is 2. The van der Waals surface area contributed by atoms with E-state index in [9.17, 15) is 9.18 Å². The zero-order chi connectivity index (χ0) is 9.84. The zero-order valence-corrected chi connectivity index (χ0v) is 7.64. The molecule has 0 aliphatic rings. The lowest BCUT2D eigenvalue weighted by Gasteiger charge is -2.00. The number of ether oxygens (including phenoxy) is 1. The number of rotatable bonds is 2. The molecule has 0 aromatic carbocycles. The van der Waals surface area contributed by atoms with Crippen molar-refractivity contribution in [1.29, 1.82) is 0 Å². The second kappa shape index (κ2) is 4.18. The first kappa shape index (κ1) is 9.92. The highest BCUT2D eigenvalue weighted by Gasteiger charge is 2.09. The summed E-state index contributed by atoms with van der Waals surface area (Å²) in [5.41, 5.74) is 0.236. The van der Waals surface area contributed by atoms with Crippen molar-refractivity contribution in [3.8, 4) is 0 Å². The third kappa shape index (κ3) is 2.39. The molecule has 0 atom stereocenters. The third-order valence-electron chi connectivity index (χ3n) is 1.37. The lowest BCUT2D eigenvalue weighted by Crippen LogP contribution is -2.06. The summed E-state index contributed by atoms with van der Waals surface area (Å²) in [5.74, 6) is -1.17. The molecular weight excluding hydrogens is 197 g/mol. The fourth-order valence-electron chi connectivity index (χ4n) is 0.828. The molecule has 0 saturated carbocycles. The summed E-state index contributed by atoms with van der Waals surface area (Å²) >= 11 is 5.44. The number of aromatic nitrogens is 1. The number of carbonyl (C=O) groups excluding carboxylic acids is 1. The Kier molecular flexibility index (Phi) is 3.19. The van der Waals surface area contributed by atoms with E-state index in [0.29, 0.717) is 5.69 Å². The number of alkyl halides is 1. The van der Waals surface area contributed by atoms with Crippen LogP contribution in [0.4, 0.5) is 4.39 Å². The Hall–Kier alpha value is -1.16. The van der Waals surface area contributed by atoms with Crippen molar-refractivity contribution in [2.75, 3.05) is 7.11 Å². The predicted octanol–water partition coefficient (Wildman–Crippen LogP) is 1.75. The van der Waals surface area contributed by atoms with Gasteiger partial charge in [-0.1, -0.05) is 0 Å². The smallest absolute Gasteiger partial charge is 0.356 e. The van der Waals surface area contributed by atoms with Gasteiger partial charge in [0.15, 0.2) is 5.69 Å². The highest BCUT2D eigenvalue weighted by Crippen LogP contribution is 2.07. The van der Waals surface area contributed by atoms with Crippen molar-refractivity contribution < 1.29 is 13.9 Å². The highest BCUT2D eigenvalue weighted by molar-refractivity contribution is 6.16. The molecule has 0 saturated heterocycles. The lowest BCUT2D eigenvalue weighted by molar-refractivity contribution is 0.0593. The molecule has 0 bridgehead atoms. The van der Waals surface area contributed by atoms with Gasteiger partial charge >= 0.3 is 5.97 Å². The van der Waals surface area contributed by atoms with Crippen LogP contribution < -0.4 is 0 Å². The van der Waals surface area contributed by atoms with Gasteiger partial charge in [0, 0.05) is 6.07 Å². The molecular formula is C8H7ClFNO2. The van der Waals surface area contributed by atoms with Gasteiger partial charge in [-0.15, -0.1) is 11.6 Å². The number of methoxy groups -OCH3 is 1. The summed E-state index contributed by atoms with van der Waals surface area (Å²) in [4.78, 5) is 14.7. The number of pyridine rings is 1. The van der Waals surface area contributed by atoms with Crippen LogP contribution in [0.25, 0.3) is 0 Å². The number of hydrogen-bond acceptors (Lipinski definition) is 3. The van der Waals surface area contributed by atoms with Crippen molar-refractivity contribution in [3.63, 3.8) is 0 Å². The number of esters is 1. The van der Waals surface area contributed by atoms with Crippen LogP contribution in [0.2, 0.25) is 0 Å². The van der Waals surface area contributed by atoms with E-state index in [1.165, 1.54) is 13.2 Å². The molecule has 0 N–H and O–H groups in total. The fraction of sp³-hybridized carbons (Fsp3) is 0.250. The van der Waals surface area contributed by atoms with Gasteiger partial charge in [-0.2, -0.15) is 0 Å². The third-order valence-corrected chi connectivity index (χ3v) is 1.65. The van der Waals surface area contributed by atoms with Crippen LogP contribution in [0.3, 0.4) is 0 Å². The molecule has 1 aromatic rings. The molecule has 0 unspecified atom stereocenters. The van der Waals surface area contributed by atoms with E-state index >= 15 is 0 Å². The van der Waals surface area contributed by atoms with Crippen LogP contribution in [-0.2, 0) is 10.6 Å². The number of hydrogen-bond donors (Lipinski definition) is 0. The first-order valence-corrected chi connectivity index (χ1v) is 4.01. The Balaban J connectivity index is 3.08. The van der Waals surface area contributed by atoms with Crippen LogP contribution in [0, 0.1) is 5.82 Å². The first-order chi connectivity index (χ1) is 6.17. The summed E-state index contributed by atoms with van der Waals surface area (Å²) in [6.45, 7) is 0. The Morgan fingerprint density at radius 2 is 2.38 bits per heavy atom. The molecule has 3 nitrogen and oxygen atoms in total. The van der Waals surface area contributed by atoms with Crippen molar-refractivity contribution in [2.45, 2.75) is 5.88 Å². The highest BCUT2D eigenvalue weighted by atomic mass is 35.5. The summed E-state index contributed by atoms with van der Waals surface area (Å²) in [7, 11) is 1.20. The summed E-state index contributed by atoms with van der Waals surface area (Å²) in [5, 5.41) is 0. The van der Waals surface area contributed by atoms with E-state index in [1.807, 2.05) is 0 Å². The van der Waals surface area contributed by atoms with Gasteiger partial charge in [-0.05, 0) is 6.07 Å². The molecule has 5 heteroatoms. The second-order valence-electron chi connectivity index (χ2n) is 2.29. The molecule has 1 rings (SSSR count). The van der Waals surface area contributed by atoms with Gasteiger partial charge in [0.25, 0.3) is 0 Å². The number of nitrogens with zero attached hydrogens (tertiary/aromatic N) is 1. The second-order valence-corrected chi connectivity index (χ2v) is 2.55. The zero-order valence-electron chi connectivity index (χ0n) is 6.88. The van der Waals surface area contributed by atoms with Gasteiger partial charge in [0.05, 0.1) is 18.7 Å². The lowest BCUT2D eigenvalue weighted by atomic mass is 10.3. The van der Waals surface area contributed by atoms with Crippen LogP contribution in [-0.4, -0.2) is 18.1 Å². The van der Waals surface area contributed by atoms with E-state index < -0.39 is 11.8 Å². The molecule has 0 spiro atoms. The van der Waals surface area contributed by atoms with Crippen molar-refractivity contribution in [1.82, 2.24) is 4.98 Å². The van der Waals surface area contributed by atoms with E-state index in [2.05, 4.69) is 9.72 Å². The Bertz CT molecular complexity index is 330. The predicted molar refractivity (Wildman–Crippen MR) is 45.1 cm³/mol. The molecule has 1 aromatic heterocycles. The maximum atomic E-state index is 12.8. The van der Waals surface area contributed by atoms with Crippen molar-refractivity contribution in [3.05, 3.63) is 29.3 Å². The minimum Gasteiger partial charge on any atom is -0.464 e. The van der Waals surface area contributed by atoms with Gasteiger partial charge in [-0.25, -0.2) is 14.2 Å². The monoisotopic (exact) mass is 203 g/mol. The SMILES string of the molecule is COC(=O)c1cc(F)cc(CCl)n1. The Labute approximate surface area is 79.5 Å². The summed E-state index contributed by atoms with van der Waals surface area (Å²) in [6.07, 6.45) is 0. The van der Waals surface area contributed by atoms with Crippen LogP contribution in [0.1, 0.15) is 16.2 Å². The van der Waals surface area contributed by atoms with Crippen molar-refractivity contribution in [2.24, 2.45) is 0 Å². The standard InChI is InChI=1S/C8H7ClFNO2/c1-13-8(12)7-3-5(10)2-6(4-9)11-7/h2-3H,4H2,1H3. The summed E-state index contributed by atoms with van der Waals surface area (Å²) in [6, 6.07) is 2.17. The van der Waals surface area contributed by atoms with E-state index in [-0.39, 0.29) is 11.6 Å². The van der Waals surface area contributed by atoms with Crippen LogP contribution in [0.5, 0.6) is 0 Å². The molecule has 0 aliphatic heterocycles. The maximum Gasteiger partial charge on any atom is 0.356 e. The molecule has 0 aliphatic carbocycles. The van der Waals surface area contributed by atoms with Gasteiger partial charge in [-0.3, -0.25) is 0 Å². The number of carbonyl (C=O) groups is 1. The van der Waals surface area contributed by atoms with Gasteiger partial charge < -0.3 is 4.74 Å². The summed E-state index contributed by atoms with van der Waals surface area (Å²) < 4.78 is 17.2. The van der Waals surface area contributed by atoms with Crippen molar-refractivity contribution >= 4 is 17.6 Å². The van der Waals surface area contributed by atoms with Crippen LogP contribution in [0.15, 0.2) is 12.1 Å². The molecule has 0 radical (unpaired) electrons. The largest absolute Gasteiger partial charge is 0.464 e.